The summed E-state index contributed by atoms with van der Waals surface area (Å²) in [7, 11) is 0. The van der Waals surface area contributed by atoms with E-state index in [2.05, 4.69) is 81.5 Å². The Kier molecular flexibility index (Phi) is 61.2. The van der Waals surface area contributed by atoms with Gasteiger partial charge in [0, 0.05) is 19.3 Å². The predicted octanol–water partition coefficient (Wildman–Crippen LogP) is 22.3. The van der Waals surface area contributed by atoms with E-state index >= 15 is 0 Å². The number of hydrogen-bond donors (Lipinski definition) is 0. The van der Waals surface area contributed by atoms with Crippen LogP contribution in [0.2, 0.25) is 0 Å². The van der Waals surface area contributed by atoms with Crippen molar-refractivity contribution in [2.24, 2.45) is 0 Å². The van der Waals surface area contributed by atoms with Gasteiger partial charge in [-0.1, -0.05) is 319 Å². The van der Waals surface area contributed by atoms with Crippen LogP contribution in [0.15, 0.2) is 60.8 Å². The molecular weight excluding hydrogens is 925 g/mol. The standard InChI is InChI=1S/C69H124O6/c1-4-7-10-13-16-19-22-25-27-29-31-32-33-34-35-36-37-38-39-41-42-44-47-50-53-56-59-62-68(71)74-65-66(64-73-67(70)61-58-55-52-49-46-24-21-18-15-12-9-6-3)75-69(72)63-60-57-54-51-48-45-43-40-30-28-26-23-20-17-14-11-8-5-2/h7,10,16,19,25,27,31-32,34-35,66H,4-6,8-9,11-15,17-18,20-24,26,28-30,33,36-65H2,1-3H3/b10-7-,19-16-,27-25-,32-31-,35-34-. The van der Waals surface area contributed by atoms with Crippen LogP contribution >= 0.6 is 0 Å². The molecule has 6 heteroatoms. The van der Waals surface area contributed by atoms with Crippen LogP contribution in [0.4, 0.5) is 0 Å². The van der Waals surface area contributed by atoms with Crippen LogP contribution in [0, 0.1) is 0 Å². The lowest BCUT2D eigenvalue weighted by Crippen LogP contribution is -2.30. The van der Waals surface area contributed by atoms with Crippen LogP contribution in [0.3, 0.4) is 0 Å². The van der Waals surface area contributed by atoms with Crippen molar-refractivity contribution in [3.63, 3.8) is 0 Å². The lowest BCUT2D eigenvalue weighted by atomic mass is 10.0. The van der Waals surface area contributed by atoms with Crippen LogP contribution in [0.5, 0.6) is 0 Å². The van der Waals surface area contributed by atoms with Gasteiger partial charge in [-0.3, -0.25) is 14.4 Å². The molecule has 0 fully saturated rings. The molecule has 0 saturated carbocycles. The third kappa shape index (κ3) is 61.8. The van der Waals surface area contributed by atoms with Crippen LogP contribution in [0.1, 0.15) is 342 Å². The second-order valence-electron chi connectivity index (χ2n) is 22.0. The van der Waals surface area contributed by atoms with Crippen LogP contribution in [-0.2, 0) is 28.6 Å². The van der Waals surface area contributed by atoms with E-state index in [1.54, 1.807) is 0 Å². The number of esters is 3. The molecule has 0 saturated heterocycles. The average Bonchev–Trinajstić information content (AvgIpc) is 3.41. The number of carbonyl (C=O) groups is 3. The Morgan fingerprint density at radius 3 is 0.813 bits per heavy atom. The summed E-state index contributed by atoms with van der Waals surface area (Å²) in [6.45, 7) is 6.57. The fourth-order valence-corrected chi connectivity index (χ4v) is 9.65. The number of ether oxygens (including phenoxy) is 3. The minimum Gasteiger partial charge on any atom is -0.462 e. The fraction of sp³-hybridized carbons (Fsp3) is 0.812. The Bertz CT molecular complexity index is 1340. The Labute approximate surface area is 466 Å². The molecule has 0 radical (unpaired) electrons. The molecule has 0 aliphatic rings. The lowest BCUT2D eigenvalue weighted by molar-refractivity contribution is -0.167. The monoisotopic (exact) mass is 1050 g/mol. The van der Waals surface area contributed by atoms with Gasteiger partial charge in [-0.25, -0.2) is 0 Å². The highest BCUT2D eigenvalue weighted by Crippen LogP contribution is 2.18. The third-order valence-electron chi connectivity index (χ3n) is 14.5. The number of rotatable bonds is 60. The summed E-state index contributed by atoms with van der Waals surface area (Å²) < 4.78 is 16.9. The van der Waals surface area contributed by atoms with E-state index in [9.17, 15) is 14.4 Å². The van der Waals surface area contributed by atoms with Crippen molar-refractivity contribution in [1.29, 1.82) is 0 Å². The Hall–Kier alpha value is -2.89. The summed E-state index contributed by atoms with van der Waals surface area (Å²) in [5.41, 5.74) is 0. The molecular formula is C69H124O6. The average molecular weight is 1050 g/mol. The predicted molar refractivity (Wildman–Crippen MR) is 325 cm³/mol. The zero-order chi connectivity index (χ0) is 54.3. The lowest BCUT2D eigenvalue weighted by Gasteiger charge is -2.18. The van der Waals surface area contributed by atoms with E-state index in [1.165, 1.54) is 212 Å². The van der Waals surface area contributed by atoms with Gasteiger partial charge < -0.3 is 14.2 Å². The SMILES string of the molecule is CC/C=C\C/C=C\C/C=C\C/C=C\C/C=C\CCCCCCCCCCCCCC(=O)OCC(COC(=O)CCCCCCCCCCCCCC)OC(=O)CCCCCCCCCCCCCCCCCCCC. The molecule has 1 atom stereocenters. The smallest absolute Gasteiger partial charge is 0.306 e. The first-order chi connectivity index (χ1) is 37.0. The summed E-state index contributed by atoms with van der Waals surface area (Å²) in [5.74, 6) is -0.850. The summed E-state index contributed by atoms with van der Waals surface area (Å²) in [5, 5.41) is 0. The highest BCUT2D eigenvalue weighted by atomic mass is 16.6. The van der Waals surface area contributed by atoms with Crippen molar-refractivity contribution in [2.75, 3.05) is 13.2 Å². The van der Waals surface area contributed by atoms with E-state index < -0.39 is 6.10 Å². The third-order valence-corrected chi connectivity index (χ3v) is 14.5. The molecule has 0 bridgehead atoms. The Balaban J connectivity index is 4.24. The van der Waals surface area contributed by atoms with E-state index in [0.717, 1.165) is 89.9 Å². The maximum absolute atomic E-state index is 12.9. The van der Waals surface area contributed by atoms with E-state index in [-0.39, 0.29) is 31.1 Å². The molecule has 436 valence electrons. The van der Waals surface area contributed by atoms with Gasteiger partial charge in [-0.2, -0.15) is 0 Å². The van der Waals surface area contributed by atoms with Crippen molar-refractivity contribution >= 4 is 17.9 Å². The van der Waals surface area contributed by atoms with Crippen LogP contribution in [0.25, 0.3) is 0 Å². The first-order valence-electron chi connectivity index (χ1n) is 32.8. The maximum atomic E-state index is 12.9. The Morgan fingerprint density at radius 2 is 0.520 bits per heavy atom. The molecule has 0 aromatic heterocycles. The topological polar surface area (TPSA) is 78.9 Å². The minimum atomic E-state index is -0.771. The number of hydrogen-bond acceptors (Lipinski definition) is 6. The molecule has 0 rings (SSSR count). The molecule has 6 nitrogen and oxygen atoms in total. The highest BCUT2D eigenvalue weighted by molar-refractivity contribution is 5.71. The van der Waals surface area contributed by atoms with Crippen molar-refractivity contribution in [3.05, 3.63) is 60.8 Å². The van der Waals surface area contributed by atoms with Gasteiger partial charge in [0.05, 0.1) is 0 Å². The zero-order valence-corrected chi connectivity index (χ0v) is 50.1. The van der Waals surface area contributed by atoms with Crippen molar-refractivity contribution in [1.82, 2.24) is 0 Å². The second-order valence-corrected chi connectivity index (χ2v) is 22.0. The zero-order valence-electron chi connectivity index (χ0n) is 50.1. The molecule has 0 spiro atoms. The van der Waals surface area contributed by atoms with Crippen molar-refractivity contribution in [3.8, 4) is 0 Å². The summed E-state index contributed by atoms with van der Waals surface area (Å²) in [6.07, 6.45) is 80.9. The first kappa shape index (κ1) is 72.1. The van der Waals surface area contributed by atoms with Crippen LogP contribution in [-0.4, -0.2) is 37.2 Å². The molecule has 0 heterocycles. The molecule has 1 unspecified atom stereocenters. The van der Waals surface area contributed by atoms with Gasteiger partial charge in [-0.15, -0.1) is 0 Å². The second kappa shape index (κ2) is 63.6. The first-order valence-corrected chi connectivity index (χ1v) is 32.8. The van der Waals surface area contributed by atoms with Gasteiger partial charge in [-0.05, 0) is 64.2 Å². The number of allylic oxidation sites excluding steroid dienone is 10. The van der Waals surface area contributed by atoms with Gasteiger partial charge in [0.15, 0.2) is 6.10 Å². The summed E-state index contributed by atoms with van der Waals surface area (Å²) >= 11 is 0. The molecule has 0 aliphatic carbocycles. The van der Waals surface area contributed by atoms with E-state index in [1.807, 2.05) is 0 Å². The highest BCUT2D eigenvalue weighted by Gasteiger charge is 2.19. The summed E-state index contributed by atoms with van der Waals surface area (Å²) in [6, 6.07) is 0. The van der Waals surface area contributed by atoms with E-state index in [0.29, 0.717) is 19.3 Å². The quantitative estimate of drug-likeness (QED) is 0.0261. The Morgan fingerprint density at radius 1 is 0.280 bits per heavy atom. The van der Waals surface area contributed by atoms with E-state index in [4.69, 9.17) is 14.2 Å². The molecule has 0 aromatic rings. The van der Waals surface area contributed by atoms with Gasteiger partial charge >= 0.3 is 17.9 Å². The maximum Gasteiger partial charge on any atom is 0.306 e. The van der Waals surface area contributed by atoms with Gasteiger partial charge in [0.1, 0.15) is 13.2 Å². The number of carbonyl (C=O) groups excluding carboxylic acids is 3. The van der Waals surface area contributed by atoms with Gasteiger partial charge in [0.2, 0.25) is 0 Å². The minimum absolute atomic E-state index is 0.0691. The fourth-order valence-electron chi connectivity index (χ4n) is 9.65. The van der Waals surface area contributed by atoms with Crippen molar-refractivity contribution in [2.45, 2.75) is 348 Å². The summed E-state index contributed by atoms with van der Waals surface area (Å²) in [4.78, 5) is 38.3. The molecule has 75 heavy (non-hydrogen) atoms. The molecule has 0 N–H and O–H groups in total. The molecule has 0 aromatic carbocycles. The normalized spacial score (nSPS) is 12.4. The van der Waals surface area contributed by atoms with Crippen LogP contribution < -0.4 is 0 Å². The largest absolute Gasteiger partial charge is 0.462 e. The van der Waals surface area contributed by atoms with Crippen molar-refractivity contribution < 1.29 is 28.6 Å². The molecule has 0 amide bonds. The van der Waals surface area contributed by atoms with Gasteiger partial charge in [0.25, 0.3) is 0 Å². The number of unbranched alkanes of at least 4 members (excludes halogenated alkanes) is 39. The molecule has 0 aliphatic heterocycles.